The van der Waals surface area contributed by atoms with E-state index in [-0.39, 0.29) is 11.9 Å². The van der Waals surface area contributed by atoms with Crippen molar-refractivity contribution in [2.45, 2.75) is 26.3 Å². The number of hydrogen-bond acceptors (Lipinski definition) is 4. The zero-order valence-corrected chi connectivity index (χ0v) is 11.1. The van der Waals surface area contributed by atoms with Crippen molar-refractivity contribution in [2.75, 3.05) is 0 Å². The molecule has 2 atom stereocenters. The van der Waals surface area contributed by atoms with Gasteiger partial charge in [-0.1, -0.05) is 31.9 Å². The second-order valence-electron chi connectivity index (χ2n) is 4.34. The maximum atomic E-state index is 11.6. The third kappa shape index (κ3) is 2.64. The van der Waals surface area contributed by atoms with Crippen molar-refractivity contribution in [1.82, 2.24) is 5.48 Å². The summed E-state index contributed by atoms with van der Waals surface area (Å²) in [7, 11) is 0. The second kappa shape index (κ2) is 5.40. The Hall–Kier alpha value is -1.55. The molecule has 2 unspecified atom stereocenters. The van der Waals surface area contributed by atoms with Gasteiger partial charge in [-0.05, 0) is 30.2 Å². The smallest absolute Gasteiger partial charge is 0.339 e. The number of hydroxylamine groups is 1. The first-order valence-corrected chi connectivity index (χ1v) is 6.30. The molecule has 1 aromatic carbocycles. The predicted octanol–water partition coefficient (Wildman–Crippen LogP) is 2.56. The molecule has 0 amide bonds. The fourth-order valence-electron chi connectivity index (χ4n) is 1.70. The first-order valence-electron chi connectivity index (χ1n) is 5.92. The summed E-state index contributed by atoms with van der Waals surface area (Å²) in [6, 6.07) is 6.77. The Kier molecular flexibility index (Phi) is 3.87. The van der Waals surface area contributed by atoms with Crippen molar-refractivity contribution in [2.24, 2.45) is 10.9 Å². The zero-order chi connectivity index (χ0) is 13.1. The maximum absolute atomic E-state index is 11.6. The highest BCUT2D eigenvalue weighted by Gasteiger charge is 2.30. The van der Waals surface area contributed by atoms with Gasteiger partial charge in [-0.2, -0.15) is 0 Å². The Labute approximate surface area is 111 Å². The van der Waals surface area contributed by atoms with E-state index < -0.39 is 6.04 Å². The predicted molar refractivity (Wildman–Crippen MR) is 70.5 cm³/mol. The molecule has 2 rings (SSSR count). The van der Waals surface area contributed by atoms with Crippen LogP contribution in [0.3, 0.4) is 0 Å². The number of aliphatic imine (C=N–C) groups is 1. The van der Waals surface area contributed by atoms with Crippen LogP contribution in [0.5, 0.6) is 0 Å². The van der Waals surface area contributed by atoms with Crippen LogP contribution in [-0.4, -0.2) is 17.8 Å². The topological polar surface area (TPSA) is 50.7 Å². The molecule has 0 fully saturated rings. The third-order valence-corrected chi connectivity index (χ3v) is 3.31. The molecule has 0 spiro atoms. The van der Waals surface area contributed by atoms with Gasteiger partial charge in [0, 0.05) is 10.6 Å². The summed E-state index contributed by atoms with van der Waals surface area (Å²) >= 11 is 5.83. The Bertz CT molecular complexity index is 470. The lowest BCUT2D eigenvalue weighted by Gasteiger charge is -2.24. The molecule has 4 nitrogen and oxygen atoms in total. The first-order chi connectivity index (χ1) is 8.61. The normalized spacial score (nSPS) is 20.7. The summed E-state index contributed by atoms with van der Waals surface area (Å²) in [6.45, 7) is 4.01. The summed E-state index contributed by atoms with van der Waals surface area (Å²) in [6.07, 6.45) is 0.872. The molecule has 0 aromatic heterocycles. The van der Waals surface area contributed by atoms with E-state index in [0.717, 1.165) is 12.0 Å². The summed E-state index contributed by atoms with van der Waals surface area (Å²) in [5, 5.41) is 0.658. The summed E-state index contributed by atoms with van der Waals surface area (Å²) in [5.41, 5.74) is 3.42. The Balaban J connectivity index is 2.28. The fourth-order valence-corrected chi connectivity index (χ4v) is 1.83. The van der Waals surface area contributed by atoms with E-state index >= 15 is 0 Å². The van der Waals surface area contributed by atoms with Gasteiger partial charge in [0.05, 0.1) is 0 Å². The van der Waals surface area contributed by atoms with E-state index in [1.54, 1.807) is 12.1 Å². The lowest BCUT2D eigenvalue weighted by Crippen LogP contribution is -2.42. The minimum Gasteiger partial charge on any atom is -0.339 e. The zero-order valence-electron chi connectivity index (χ0n) is 10.3. The van der Waals surface area contributed by atoms with Crippen molar-refractivity contribution in [1.29, 1.82) is 0 Å². The van der Waals surface area contributed by atoms with E-state index in [0.29, 0.717) is 10.9 Å². The number of benzene rings is 1. The van der Waals surface area contributed by atoms with Crippen LogP contribution >= 0.6 is 11.6 Å². The molecule has 5 heteroatoms. The SMILES string of the molecule is CCC(C)C1N=C(c2ccc(Cl)cc2)NOC1=O. The number of hydrogen-bond donors (Lipinski definition) is 1. The first kappa shape index (κ1) is 12.9. The molecular weight excluding hydrogens is 252 g/mol. The van der Waals surface area contributed by atoms with Gasteiger partial charge in [0.25, 0.3) is 0 Å². The lowest BCUT2D eigenvalue weighted by atomic mass is 9.99. The summed E-state index contributed by atoms with van der Waals surface area (Å²) < 4.78 is 0. The number of carbonyl (C=O) groups excluding carboxylic acids is 1. The van der Waals surface area contributed by atoms with Gasteiger partial charge in [0.2, 0.25) is 0 Å². The van der Waals surface area contributed by atoms with Crippen molar-refractivity contribution >= 4 is 23.4 Å². The van der Waals surface area contributed by atoms with Crippen LogP contribution in [0.2, 0.25) is 5.02 Å². The van der Waals surface area contributed by atoms with E-state index in [4.69, 9.17) is 16.4 Å². The number of carbonyl (C=O) groups is 1. The van der Waals surface area contributed by atoms with Crippen LogP contribution in [-0.2, 0) is 9.63 Å². The largest absolute Gasteiger partial charge is 0.356 e. The molecule has 0 aliphatic carbocycles. The van der Waals surface area contributed by atoms with Crippen molar-refractivity contribution in [3.63, 3.8) is 0 Å². The average Bonchev–Trinajstić information content (AvgIpc) is 2.39. The minimum atomic E-state index is -0.443. The summed E-state index contributed by atoms with van der Waals surface area (Å²) in [4.78, 5) is 21.0. The third-order valence-electron chi connectivity index (χ3n) is 3.06. The van der Waals surface area contributed by atoms with Gasteiger partial charge >= 0.3 is 5.97 Å². The highest BCUT2D eigenvalue weighted by atomic mass is 35.5. The van der Waals surface area contributed by atoms with Gasteiger partial charge < -0.3 is 4.84 Å². The number of amidine groups is 1. The van der Waals surface area contributed by atoms with Crippen molar-refractivity contribution < 1.29 is 9.63 Å². The number of rotatable bonds is 3. The van der Waals surface area contributed by atoms with Gasteiger partial charge in [-0.3, -0.25) is 0 Å². The molecule has 1 aromatic rings. The number of halogens is 1. The van der Waals surface area contributed by atoms with Crippen LogP contribution in [0, 0.1) is 5.92 Å². The molecule has 1 aliphatic rings. The number of nitrogens with one attached hydrogen (secondary N) is 1. The van der Waals surface area contributed by atoms with E-state index in [9.17, 15) is 4.79 Å². The Morgan fingerprint density at radius 3 is 2.72 bits per heavy atom. The molecule has 0 saturated heterocycles. The minimum absolute atomic E-state index is 0.155. The maximum Gasteiger partial charge on any atom is 0.356 e. The quantitative estimate of drug-likeness (QED) is 0.915. The lowest BCUT2D eigenvalue weighted by molar-refractivity contribution is -0.152. The molecule has 96 valence electrons. The van der Waals surface area contributed by atoms with Crippen LogP contribution in [0.4, 0.5) is 0 Å². The van der Waals surface area contributed by atoms with E-state index in [1.807, 2.05) is 26.0 Å². The van der Waals surface area contributed by atoms with Gasteiger partial charge in [-0.15, -0.1) is 0 Å². The second-order valence-corrected chi connectivity index (χ2v) is 4.77. The Morgan fingerprint density at radius 2 is 2.11 bits per heavy atom. The molecule has 1 heterocycles. The monoisotopic (exact) mass is 266 g/mol. The standard InChI is InChI=1S/C13H15ClN2O2/c1-3-8(2)11-13(17)18-16-12(15-11)9-4-6-10(14)7-5-9/h4-8,11H,3H2,1-2H3,(H,15,16). The molecule has 1 N–H and O–H groups in total. The van der Waals surface area contributed by atoms with Crippen LogP contribution in [0.25, 0.3) is 0 Å². The fraction of sp³-hybridized carbons (Fsp3) is 0.385. The molecule has 0 saturated carbocycles. The van der Waals surface area contributed by atoms with Crippen molar-refractivity contribution in [3.05, 3.63) is 34.9 Å². The molecule has 1 aliphatic heterocycles. The van der Waals surface area contributed by atoms with Crippen LogP contribution in [0.15, 0.2) is 29.3 Å². The van der Waals surface area contributed by atoms with Gasteiger partial charge in [0.1, 0.15) is 0 Å². The van der Waals surface area contributed by atoms with Crippen molar-refractivity contribution in [3.8, 4) is 0 Å². The van der Waals surface area contributed by atoms with Crippen LogP contribution < -0.4 is 5.48 Å². The van der Waals surface area contributed by atoms with Gasteiger partial charge in [0.15, 0.2) is 11.9 Å². The van der Waals surface area contributed by atoms with E-state index in [2.05, 4.69) is 10.5 Å². The molecule has 0 radical (unpaired) electrons. The molecular formula is C13H15ClN2O2. The van der Waals surface area contributed by atoms with Crippen LogP contribution in [0.1, 0.15) is 25.8 Å². The number of nitrogens with zero attached hydrogens (tertiary/aromatic N) is 1. The Morgan fingerprint density at radius 1 is 1.44 bits per heavy atom. The highest BCUT2D eigenvalue weighted by molar-refractivity contribution is 6.30. The highest BCUT2D eigenvalue weighted by Crippen LogP contribution is 2.18. The molecule has 0 bridgehead atoms. The average molecular weight is 267 g/mol. The van der Waals surface area contributed by atoms with E-state index in [1.165, 1.54) is 0 Å². The molecule has 18 heavy (non-hydrogen) atoms. The summed E-state index contributed by atoms with van der Waals surface area (Å²) in [5.74, 6) is 0.389. The van der Waals surface area contributed by atoms with Gasteiger partial charge in [-0.25, -0.2) is 15.3 Å².